The van der Waals surface area contributed by atoms with E-state index in [1.807, 2.05) is 27.7 Å². The Bertz CT molecular complexity index is 1530. The summed E-state index contributed by atoms with van der Waals surface area (Å²) in [5.74, 6) is -3.14. The van der Waals surface area contributed by atoms with Crippen LogP contribution in [0.2, 0.25) is 0 Å². The molecule has 3 aliphatic rings. The minimum atomic E-state index is -2.63. The average molecular weight is 529 g/mol. The molecule has 2 saturated heterocycles. The summed E-state index contributed by atoms with van der Waals surface area (Å²) in [4.78, 5) is 39.8. The lowest BCUT2D eigenvalue weighted by Crippen LogP contribution is -2.56. The normalized spacial score (nSPS) is 27.2. The molecule has 2 aromatic carbocycles. The number of nitrogens with zero attached hydrogens (tertiary/aromatic N) is 2. The van der Waals surface area contributed by atoms with Gasteiger partial charge in [-0.2, -0.15) is 0 Å². The van der Waals surface area contributed by atoms with Crippen LogP contribution in [0.5, 0.6) is 0 Å². The molecule has 0 bridgehead atoms. The zero-order valence-corrected chi connectivity index (χ0v) is 21.8. The number of piperidine rings is 1. The molecule has 5 rings (SSSR count). The van der Waals surface area contributed by atoms with E-state index in [9.17, 15) is 14.4 Å². The topological polar surface area (TPSA) is 91.0 Å². The molecule has 3 amide bonds. The lowest BCUT2D eigenvalue weighted by molar-refractivity contribution is -0.182. The third-order valence-electron chi connectivity index (χ3n) is 6.55. The third kappa shape index (κ3) is 5.44. The summed E-state index contributed by atoms with van der Waals surface area (Å²) in [7, 11) is 0. The number of carbonyl (C=O) groups is 3. The number of halogens is 1. The van der Waals surface area contributed by atoms with E-state index in [0.29, 0.717) is 0 Å². The van der Waals surface area contributed by atoms with Crippen molar-refractivity contribution >= 4 is 23.4 Å². The van der Waals surface area contributed by atoms with Gasteiger partial charge in [-0.1, -0.05) is 18.2 Å². The van der Waals surface area contributed by atoms with Crippen LogP contribution in [0.4, 0.5) is 10.1 Å². The molecular formula is C29H35FN4O4. The van der Waals surface area contributed by atoms with Gasteiger partial charge in [0.1, 0.15) is 11.9 Å². The van der Waals surface area contributed by atoms with Crippen LogP contribution in [0.15, 0.2) is 36.4 Å². The number of fused-ring (bicyclic) bond motifs is 1. The summed E-state index contributed by atoms with van der Waals surface area (Å²) in [6.07, 6.45) is -0.146. The first-order chi connectivity index (χ1) is 20.2. The Kier molecular flexibility index (Phi) is 5.08. The van der Waals surface area contributed by atoms with Crippen molar-refractivity contribution in [3.05, 3.63) is 64.5 Å². The van der Waals surface area contributed by atoms with E-state index in [1.165, 1.54) is 24.3 Å². The number of nitrogens with one attached hydrogen (secondary N) is 2. The Morgan fingerprint density at radius 1 is 1.16 bits per heavy atom. The molecule has 0 aromatic heterocycles. The lowest BCUT2D eigenvalue weighted by atomic mass is 9.98. The van der Waals surface area contributed by atoms with Crippen LogP contribution in [0.3, 0.4) is 0 Å². The van der Waals surface area contributed by atoms with Crippen LogP contribution in [0.1, 0.15) is 75.8 Å². The maximum atomic E-state index is 15.6. The Hall–Kier alpha value is -3.30. The number of benzene rings is 2. The van der Waals surface area contributed by atoms with Crippen molar-refractivity contribution in [2.45, 2.75) is 77.3 Å². The van der Waals surface area contributed by atoms with E-state index in [0.717, 1.165) is 17.0 Å². The average Bonchev–Trinajstić information content (AvgIpc) is 3.07. The fourth-order valence-electron chi connectivity index (χ4n) is 5.27. The fourth-order valence-corrected chi connectivity index (χ4v) is 5.27. The second kappa shape index (κ2) is 9.78. The van der Waals surface area contributed by atoms with Gasteiger partial charge in [0, 0.05) is 64.1 Å². The molecule has 0 saturated carbocycles. The Balaban J connectivity index is 1.44. The van der Waals surface area contributed by atoms with Gasteiger partial charge >= 0.3 is 0 Å². The molecule has 2 aromatic rings. The zero-order valence-electron chi connectivity index (χ0n) is 27.8. The summed E-state index contributed by atoms with van der Waals surface area (Å²) >= 11 is 0. The first-order valence-electron chi connectivity index (χ1n) is 15.5. The molecule has 0 aliphatic carbocycles. The minimum absolute atomic E-state index is 0.00883. The predicted molar refractivity (Wildman–Crippen MR) is 141 cm³/mol. The second-order valence-corrected chi connectivity index (χ2v) is 11.0. The maximum Gasteiger partial charge on any atom is 0.255 e. The third-order valence-corrected chi connectivity index (χ3v) is 6.55. The van der Waals surface area contributed by atoms with Gasteiger partial charge < -0.3 is 15.0 Å². The number of imide groups is 1. The summed E-state index contributed by atoms with van der Waals surface area (Å²) in [6.45, 7) is 0.579. The largest absolute Gasteiger partial charge is 0.381 e. The van der Waals surface area contributed by atoms with Crippen LogP contribution >= 0.6 is 0 Å². The Morgan fingerprint density at radius 3 is 2.58 bits per heavy atom. The number of amides is 3. The first-order valence-corrected chi connectivity index (χ1v) is 12.5. The van der Waals surface area contributed by atoms with Crippen LogP contribution in [-0.2, 0) is 33.8 Å². The molecule has 9 heteroatoms. The fraction of sp³-hybridized carbons (Fsp3) is 0.483. The van der Waals surface area contributed by atoms with Crippen molar-refractivity contribution in [3.63, 3.8) is 0 Å². The van der Waals surface area contributed by atoms with Gasteiger partial charge in [-0.3, -0.25) is 24.6 Å². The number of hydrogen-bond donors (Lipinski definition) is 2. The van der Waals surface area contributed by atoms with Gasteiger partial charge in [0.2, 0.25) is 11.8 Å². The lowest BCUT2D eigenvalue weighted by Gasteiger charge is -2.47. The molecule has 1 unspecified atom stereocenters. The molecule has 1 atom stereocenters. The summed E-state index contributed by atoms with van der Waals surface area (Å²) in [5, 5.41) is 4.66. The number of hydrogen-bond acceptors (Lipinski definition) is 6. The Morgan fingerprint density at radius 2 is 1.89 bits per heavy atom. The molecule has 8 nitrogen and oxygen atoms in total. The first kappa shape index (κ1) is 19.7. The van der Waals surface area contributed by atoms with Gasteiger partial charge in [-0.15, -0.1) is 0 Å². The van der Waals surface area contributed by atoms with E-state index in [4.69, 9.17) is 13.0 Å². The van der Waals surface area contributed by atoms with E-state index >= 15 is 4.39 Å². The highest BCUT2D eigenvalue weighted by Gasteiger charge is 2.40. The van der Waals surface area contributed by atoms with Crippen molar-refractivity contribution in [1.29, 1.82) is 0 Å². The SMILES string of the molecule is [2H]C([2H])(Nc1cccc2c1C([2H])([2H])N(C1CCC(=O)NC1=O)C2=O)c1ccc(C([2H])([2H])N2CC(C)(C)OC(C)(C)C2)cc1F. The van der Waals surface area contributed by atoms with E-state index in [-0.39, 0.29) is 48.3 Å². The second-order valence-electron chi connectivity index (χ2n) is 11.0. The summed E-state index contributed by atoms with van der Waals surface area (Å²) in [6, 6.07) is 6.28. The molecule has 0 radical (unpaired) electrons. The van der Waals surface area contributed by atoms with E-state index < -0.39 is 65.8 Å². The molecule has 202 valence electrons. The maximum absolute atomic E-state index is 15.6. The van der Waals surface area contributed by atoms with Crippen molar-refractivity contribution in [2.75, 3.05) is 18.4 Å². The van der Waals surface area contributed by atoms with Gasteiger partial charge in [0.15, 0.2) is 0 Å². The molecular weight excluding hydrogens is 487 g/mol. The molecule has 2 fully saturated rings. The standard InChI is InChI=1S/C29H35FN4O4/c1-28(2)16-33(17-29(3,4)38-28)14-18-8-9-19(22(30)12-18)13-31-23-7-5-6-20-21(23)15-34(27(20)37)24-10-11-25(35)32-26(24)36/h5-9,12,24,31H,10-11,13-17H2,1-4H3,(H,32,35,36)/i13D2,14D2,15D2. The molecule has 3 heterocycles. The van der Waals surface area contributed by atoms with Gasteiger partial charge in [0.05, 0.1) is 16.7 Å². The Labute approximate surface area is 230 Å². The smallest absolute Gasteiger partial charge is 0.255 e. The quantitative estimate of drug-likeness (QED) is 0.557. The number of morpholine rings is 1. The number of carbonyl (C=O) groups excluding carboxylic acids is 3. The highest BCUT2D eigenvalue weighted by molar-refractivity contribution is 6.06. The van der Waals surface area contributed by atoms with Crippen LogP contribution in [-0.4, -0.2) is 57.9 Å². The molecule has 3 aliphatic heterocycles. The van der Waals surface area contributed by atoms with Crippen molar-refractivity contribution in [3.8, 4) is 0 Å². The minimum Gasteiger partial charge on any atom is -0.381 e. The summed E-state index contributed by atoms with van der Waals surface area (Å²) in [5.41, 5.74) is -2.23. The number of rotatable bonds is 6. The van der Waals surface area contributed by atoms with Gasteiger partial charge in [0.25, 0.3) is 5.91 Å². The van der Waals surface area contributed by atoms with Crippen molar-refractivity contribution < 1.29 is 31.7 Å². The number of anilines is 1. The molecule has 2 N–H and O–H groups in total. The number of ether oxygens (including phenoxy) is 1. The zero-order chi connectivity index (χ0) is 32.6. The summed E-state index contributed by atoms with van der Waals surface area (Å²) < 4.78 is 74.3. The van der Waals surface area contributed by atoms with E-state index in [2.05, 4.69) is 10.6 Å². The molecule has 0 spiro atoms. The van der Waals surface area contributed by atoms with Crippen molar-refractivity contribution in [2.24, 2.45) is 0 Å². The van der Waals surface area contributed by atoms with Gasteiger partial charge in [-0.25, -0.2) is 4.39 Å². The van der Waals surface area contributed by atoms with Crippen LogP contribution in [0, 0.1) is 5.82 Å². The molecule has 38 heavy (non-hydrogen) atoms. The van der Waals surface area contributed by atoms with Crippen LogP contribution < -0.4 is 10.6 Å². The monoisotopic (exact) mass is 528 g/mol. The predicted octanol–water partition coefficient (Wildman–Crippen LogP) is 3.59. The van der Waals surface area contributed by atoms with E-state index in [1.54, 1.807) is 4.90 Å². The van der Waals surface area contributed by atoms with Crippen molar-refractivity contribution in [1.82, 2.24) is 15.1 Å². The highest BCUT2D eigenvalue weighted by atomic mass is 19.1. The van der Waals surface area contributed by atoms with Gasteiger partial charge in [-0.05, 0) is 57.9 Å². The van der Waals surface area contributed by atoms with Crippen LogP contribution in [0.25, 0.3) is 0 Å². The highest BCUT2D eigenvalue weighted by Crippen LogP contribution is 2.33.